The molecule has 0 radical (unpaired) electrons. The van der Waals surface area contributed by atoms with Crippen molar-refractivity contribution in [2.45, 2.75) is 31.3 Å². The van der Waals surface area contributed by atoms with Gasteiger partial charge in [0.25, 0.3) is 5.56 Å². The summed E-state index contributed by atoms with van der Waals surface area (Å²) in [5.41, 5.74) is -3.00. The van der Waals surface area contributed by atoms with Crippen LogP contribution in [0, 0.1) is 6.92 Å². The minimum absolute atomic E-state index is 0.00867. The molecule has 0 saturated carbocycles. The Morgan fingerprint density at radius 3 is 2.77 bits per heavy atom. The van der Waals surface area contributed by atoms with Gasteiger partial charge in [-0.05, 0) is 6.92 Å². The van der Waals surface area contributed by atoms with Gasteiger partial charge >= 0.3 is 14.3 Å². The fraction of sp³-hybridized carbons (Fsp3) is 0.636. The summed E-state index contributed by atoms with van der Waals surface area (Å²) in [6.45, 7) is 0.522. The highest BCUT2D eigenvalue weighted by Gasteiger charge is 2.50. The van der Waals surface area contributed by atoms with E-state index in [4.69, 9.17) is 14.5 Å². The molecule has 3 atom stereocenters. The minimum Gasteiger partial charge on any atom is -0.391 e. The van der Waals surface area contributed by atoms with Crippen molar-refractivity contribution in [1.82, 2.24) is 9.55 Å². The Morgan fingerprint density at radius 1 is 1.55 bits per heavy atom. The molecular formula is C11H17N2O8P. The number of ether oxygens (including phenoxy) is 1. The lowest BCUT2D eigenvalue weighted by Crippen LogP contribution is -2.53. The maximum Gasteiger partial charge on any atom is 0.331 e. The Balaban J connectivity index is 2.38. The number of hydrogen-bond donors (Lipinski definition) is 5. The Bertz CT molecular complexity index is 644. The molecule has 0 aliphatic carbocycles. The maximum absolute atomic E-state index is 12.0. The van der Waals surface area contributed by atoms with Crippen LogP contribution in [0.3, 0.4) is 0 Å². The van der Waals surface area contributed by atoms with E-state index in [9.17, 15) is 19.8 Å². The monoisotopic (exact) mass is 336 g/mol. The number of hydrogen-bond acceptors (Lipinski definition) is 8. The van der Waals surface area contributed by atoms with E-state index in [-0.39, 0.29) is 18.7 Å². The van der Waals surface area contributed by atoms with Gasteiger partial charge in [-0.2, -0.15) is 0 Å². The zero-order chi connectivity index (χ0) is 16.5. The molecule has 1 aromatic rings. The molecule has 11 heteroatoms. The van der Waals surface area contributed by atoms with Crippen LogP contribution in [0.1, 0.15) is 12.1 Å². The van der Waals surface area contributed by atoms with Crippen LogP contribution in [0.4, 0.5) is 0 Å². The summed E-state index contributed by atoms with van der Waals surface area (Å²) in [7, 11) is -2.58. The zero-order valence-corrected chi connectivity index (χ0v) is 12.6. The van der Waals surface area contributed by atoms with E-state index in [1.54, 1.807) is 0 Å². The Labute approximate surface area is 125 Å². The van der Waals surface area contributed by atoms with Crippen molar-refractivity contribution in [1.29, 1.82) is 0 Å². The van der Waals surface area contributed by atoms with E-state index in [0.29, 0.717) is 0 Å². The van der Waals surface area contributed by atoms with Gasteiger partial charge in [0.15, 0.2) is 5.72 Å². The average Bonchev–Trinajstić information content (AvgIpc) is 2.73. The molecule has 1 aliphatic rings. The third-order valence-corrected chi connectivity index (χ3v) is 3.86. The molecule has 0 aromatic carbocycles. The van der Waals surface area contributed by atoms with E-state index < -0.39 is 44.4 Å². The summed E-state index contributed by atoms with van der Waals surface area (Å²) in [6.07, 6.45) is -2.00. The Morgan fingerprint density at radius 2 is 2.23 bits per heavy atom. The lowest BCUT2D eigenvalue weighted by Gasteiger charge is -2.33. The number of aliphatic hydroxyl groups is 2. The number of aliphatic hydroxyl groups excluding tert-OH is 2. The summed E-state index contributed by atoms with van der Waals surface area (Å²) in [6, 6.07) is 1.14. The quantitative estimate of drug-likeness (QED) is 0.382. The molecule has 124 valence electrons. The van der Waals surface area contributed by atoms with Crippen LogP contribution < -0.4 is 11.2 Å². The number of aryl methyl sites for hydroxylation is 1. The summed E-state index contributed by atoms with van der Waals surface area (Å²) >= 11 is 0. The van der Waals surface area contributed by atoms with Gasteiger partial charge in [0.2, 0.25) is 0 Å². The molecule has 2 heterocycles. The second-order valence-electron chi connectivity index (χ2n) is 4.96. The first-order chi connectivity index (χ1) is 10.3. The first-order valence-electron chi connectivity index (χ1n) is 6.41. The standard InChI is InChI=1S/C11H17N2O8P/c1-6-2-9(16)12-10(17)13(6)11(5-14)8(15)3-7(21-11)4-20-22(18)19/h2,7-8,14-15,18-19H,3-5H2,1H3,(H,12,16,17). The molecule has 1 aromatic heterocycles. The molecule has 3 unspecified atom stereocenters. The van der Waals surface area contributed by atoms with Gasteiger partial charge in [-0.25, -0.2) is 4.79 Å². The molecule has 0 spiro atoms. The van der Waals surface area contributed by atoms with Crippen molar-refractivity contribution in [3.8, 4) is 0 Å². The average molecular weight is 336 g/mol. The molecule has 22 heavy (non-hydrogen) atoms. The molecule has 1 fully saturated rings. The number of aromatic amines is 1. The van der Waals surface area contributed by atoms with Crippen LogP contribution in [-0.4, -0.2) is 55.0 Å². The Hall–Kier alpha value is -1.13. The fourth-order valence-corrected chi connectivity index (χ4v) is 2.90. The molecule has 2 rings (SSSR count). The van der Waals surface area contributed by atoms with Crippen LogP contribution in [0.2, 0.25) is 0 Å². The lowest BCUT2D eigenvalue weighted by molar-refractivity contribution is -0.174. The number of aromatic nitrogens is 2. The van der Waals surface area contributed by atoms with Crippen LogP contribution in [0.5, 0.6) is 0 Å². The number of rotatable bonds is 5. The van der Waals surface area contributed by atoms with Crippen molar-refractivity contribution >= 4 is 8.60 Å². The first-order valence-corrected chi connectivity index (χ1v) is 7.57. The van der Waals surface area contributed by atoms with E-state index >= 15 is 0 Å². The maximum atomic E-state index is 12.0. The highest BCUT2D eigenvalue weighted by atomic mass is 31.2. The van der Waals surface area contributed by atoms with Crippen molar-refractivity contribution in [3.63, 3.8) is 0 Å². The van der Waals surface area contributed by atoms with E-state index in [0.717, 1.165) is 10.6 Å². The highest BCUT2D eigenvalue weighted by molar-refractivity contribution is 7.39. The van der Waals surface area contributed by atoms with Crippen molar-refractivity contribution in [2.24, 2.45) is 0 Å². The predicted molar refractivity (Wildman–Crippen MR) is 73.9 cm³/mol. The van der Waals surface area contributed by atoms with Crippen LogP contribution >= 0.6 is 8.60 Å². The molecule has 5 N–H and O–H groups in total. The van der Waals surface area contributed by atoms with Gasteiger partial charge in [0.1, 0.15) is 6.10 Å². The molecular weight excluding hydrogens is 319 g/mol. The third kappa shape index (κ3) is 3.13. The van der Waals surface area contributed by atoms with Crippen LogP contribution in [0.15, 0.2) is 15.7 Å². The number of H-pyrrole nitrogens is 1. The summed E-state index contributed by atoms with van der Waals surface area (Å²) < 4.78 is 11.2. The highest BCUT2D eigenvalue weighted by Crippen LogP contribution is 2.36. The van der Waals surface area contributed by atoms with Crippen molar-refractivity contribution in [2.75, 3.05) is 13.2 Å². The summed E-state index contributed by atoms with van der Waals surface area (Å²) in [5.74, 6) is 0. The lowest BCUT2D eigenvalue weighted by atomic mass is 10.1. The van der Waals surface area contributed by atoms with Crippen LogP contribution in [0.25, 0.3) is 0 Å². The molecule has 0 amide bonds. The minimum atomic E-state index is -2.58. The number of nitrogens with one attached hydrogen (secondary N) is 1. The van der Waals surface area contributed by atoms with Gasteiger partial charge in [-0.1, -0.05) is 0 Å². The smallest absolute Gasteiger partial charge is 0.331 e. The molecule has 1 aliphatic heterocycles. The molecule has 0 bridgehead atoms. The fourth-order valence-electron chi connectivity index (χ4n) is 2.60. The summed E-state index contributed by atoms with van der Waals surface area (Å²) in [4.78, 5) is 42.8. The van der Waals surface area contributed by atoms with Gasteiger partial charge in [-0.3, -0.25) is 14.3 Å². The number of nitrogens with zero attached hydrogens (tertiary/aromatic N) is 1. The summed E-state index contributed by atoms with van der Waals surface area (Å²) in [5, 5.41) is 19.9. The van der Waals surface area contributed by atoms with Crippen molar-refractivity contribution < 1.29 is 29.3 Å². The molecule has 10 nitrogen and oxygen atoms in total. The largest absolute Gasteiger partial charge is 0.391 e. The second-order valence-corrected chi connectivity index (χ2v) is 5.72. The van der Waals surface area contributed by atoms with Gasteiger partial charge < -0.3 is 29.3 Å². The SMILES string of the molecule is Cc1cc(=O)[nH]c(=O)n1C1(CO)OC(COP(O)O)CC1O. The normalized spacial score (nSPS) is 28.5. The second kappa shape index (κ2) is 6.55. The first kappa shape index (κ1) is 17.2. The van der Waals surface area contributed by atoms with E-state index in [1.807, 2.05) is 4.98 Å². The van der Waals surface area contributed by atoms with Gasteiger partial charge in [0.05, 0.1) is 19.3 Å². The predicted octanol–water partition coefficient (Wildman–Crippen LogP) is -2.13. The van der Waals surface area contributed by atoms with E-state index in [1.165, 1.54) is 6.92 Å². The van der Waals surface area contributed by atoms with Crippen molar-refractivity contribution in [3.05, 3.63) is 32.6 Å². The third-order valence-electron chi connectivity index (χ3n) is 3.48. The Kier molecular flexibility index (Phi) is 5.13. The van der Waals surface area contributed by atoms with E-state index in [2.05, 4.69) is 4.52 Å². The molecule has 1 saturated heterocycles. The van der Waals surface area contributed by atoms with Gasteiger partial charge in [0, 0.05) is 18.2 Å². The van der Waals surface area contributed by atoms with Crippen LogP contribution in [-0.2, 0) is 15.0 Å². The topological polar surface area (TPSA) is 154 Å². The zero-order valence-electron chi connectivity index (χ0n) is 11.7. The van der Waals surface area contributed by atoms with Gasteiger partial charge in [-0.15, -0.1) is 0 Å².